The summed E-state index contributed by atoms with van der Waals surface area (Å²) in [5.74, 6) is 0. The van der Waals surface area contributed by atoms with Crippen molar-refractivity contribution in [3.05, 3.63) is 34.1 Å². The minimum atomic E-state index is 0.978. The zero-order valence-electron chi connectivity index (χ0n) is 9.03. The summed E-state index contributed by atoms with van der Waals surface area (Å²) in [6.07, 6.45) is 1.12. The highest BCUT2D eigenvalue weighted by molar-refractivity contribution is 9.10. The summed E-state index contributed by atoms with van der Waals surface area (Å²) in [5.41, 5.74) is 2.18. The van der Waals surface area contributed by atoms with Gasteiger partial charge in [-0.2, -0.15) is 0 Å². The van der Waals surface area contributed by atoms with Gasteiger partial charge in [-0.1, -0.05) is 35.0 Å². The second-order valence-corrected chi connectivity index (χ2v) is 5.25. The molecule has 1 N–H and O–H groups in total. The van der Waals surface area contributed by atoms with Crippen LogP contribution in [0.25, 0.3) is 11.3 Å². The number of hydrogen-bond donors (Lipinski definition) is 1. The third kappa shape index (κ3) is 2.83. The Morgan fingerprint density at radius 2 is 2.31 bits per heavy atom. The van der Waals surface area contributed by atoms with Crippen molar-refractivity contribution < 1.29 is 0 Å². The summed E-state index contributed by atoms with van der Waals surface area (Å²) < 4.78 is 1.08. The van der Waals surface area contributed by atoms with Crippen LogP contribution in [0.5, 0.6) is 0 Å². The van der Waals surface area contributed by atoms with Crippen molar-refractivity contribution in [2.24, 2.45) is 0 Å². The highest BCUT2D eigenvalue weighted by Gasteiger charge is 2.03. The molecule has 0 amide bonds. The van der Waals surface area contributed by atoms with E-state index < -0.39 is 0 Å². The number of benzene rings is 1. The smallest absolute Gasteiger partial charge is 0.183 e. The number of hydrogen-bond acceptors (Lipinski definition) is 3. The highest BCUT2D eigenvalue weighted by atomic mass is 79.9. The fourth-order valence-corrected chi connectivity index (χ4v) is 2.51. The molecule has 0 saturated heterocycles. The molecule has 0 saturated carbocycles. The van der Waals surface area contributed by atoms with Crippen LogP contribution in [0.15, 0.2) is 34.1 Å². The SMILES string of the molecule is CCCNc1nc(-c2cccc(Br)c2)cs1. The van der Waals surface area contributed by atoms with Crippen LogP contribution in [0.1, 0.15) is 13.3 Å². The first-order chi connectivity index (χ1) is 7.79. The van der Waals surface area contributed by atoms with Gasteiger partial charge in [0.25, 0.3) is 0 Å². The lowest BCUT2D eigenvalue weighted by Gasteiger charge is -1.98. The molecular formula is C12H13BrN2S. The Morgan fingerprint density at radius 3 is 3.06 bits per heavy atom. The molecule has 84 valence electrons. The summed E-state index contributed by atoms with van der Waals surface area (Å²) in [5, 5.41) is 6.37. The Kier molecular flexibility index (Phi) is 3.96. The monoisotopic (exact) mass is 296 g/mol. The summed E-state index contributed by atoms with van der Waals surface area (Å²) in [6, 6.07) is 8.20. The fourth-order valence-electron chi connectivity index (χ4n) is 1.37. The Balaban J connectivity index is 2.18. The van der Waals surface area contributed by atoms with Gasteiger partial charge in [-0.05, 0) is 18.6 Å². The maximum Gasteiger partial charge on any atom is 0.183 e. The summed E-state index contributed by atoms with van der Waals surface area (Å²) in [7, 11) is 0. The zero-order valence-corrected chi connectivity index (χ0v) is 11.4. The van der Waals surface area contributed by atoms with Crippen LogP contribution in [-0.4, -0.2) is 11.5 Å². The lowest BCUT2D eigenvalue weighted by molar-refractivity contribution is 0.976. The molecule has 2 nitrogen and oxygen atoms in total. The molecule has 2 rings (SSSR count). The molecular weight excluding hydrogens is 284 g/mol. The molecule has 4 heteroatoms. The Morgan fingerprint density at radius 1 is 1.44 bits per heavy atom. The molecule has 0 unspecified atom stereocenters. The van der Waals surface area contributed by atoms with Gasteiger partial charge in [-0.3, -0.25) is 0 Å². The minimum absolute atomic E-state index is 0.978. The van der Waals surface area contributed by atoms with Crippen molar-refractivity contribution >= 4 is 32.4 Å². The van der Waals surface area contributed by atoms with E-state index in [0.29, 0.717) is 0 Å². The van der Waals surface area contributed by atoms with Crippen molar-refractivity contribution in [2.75, 3.05) is 11.9 Å². The number of nitrogens with zero attached hydrogens (tertiary/aromatic N) is 1. The minimum Gasteiger partial charge on any atom is -0.362 e. The van der Waals surface area contributed by atoms with Crippen LogP contribution < -0.4 is 5.32 Å². The second kappa shape index (κ2) is 5.46. The van der Waals surface area contributed by atoms with Gasteiger partial charge in [0.15, 0.2) is 5.13 Å². The van der Waals surface area contributed by atoms with Crippen LogP contribution in [0.2, 0.25) is 0 Å². The van der Waals surface area contributed by atoms with E-state index in [2.05, 4.69) is 50.7 Å². The van der Waals surface area contributed by atoms with E-state index in [9.17, 15) is 0 Å². The van der Waals surface area contributed by atoms with Crippen LogP contribution in [0, 0.1) is 0 Å². The molecule has 0 atom stereocenters. The van der Waals surface area contributed by atoms with E-state index in [1.807, 2.05) is 12.1 Å². The number of thiazole rings is 1. The van der Waals surface area contributed by atoms with Gasteiger partial charge >= 0.3 is 0 Å². The first-order valence-corrected chi connectivity index (χ1v) is 6.92. The van der Waals surface area contributed by atoms with E-state index >= 15 is 0 Å². The number of halogens is 1. The van der Waals surface area contributed by atoms with Crippen molar-refractivity contribution in [2.45, 2.75) is 13.3 Å². The number of anilines is 1. The van der Waals surface area contributed by atoms with Crippen LogP contribution in [-0.2, 0) is 0 Å². The molecule has 0 aliphatic carbocycles. The third-order valence-corrected chi connectivity index (χ3v) is 3.44. The predicted octanol–water partition coefficient (Wildman–Crippen LogP) is 4.39. The first kappa shape index (κ1) is 11.6. The summed E-state index contributed by atoms with van der Waals surface area (Å²) in [4.78, 5) is 4.55. The van der Waals surface area contributed by atoms with Gasteiger partial charge in [0.1, 0.15) is 0 Å². The lowest BCUT2D eigenvalue weighted by Crippen LogP contribution is -1.98. The standard InChI is InChI=1S/C12H13BrN2S/c1-2-6-14-12-15-11(8-16-12)9-4-3-5-10(13)7-9/h3-5,7-8H,2,6H2,1H3,(H,14,15). The largest absolute Gasteiger partial charge is 0.362 e. The van der Waals surface area contributed by atoms with Crippen molar-refractivity contribution in [1.29, 1.82) is 0 Å². The molecule has 1 aromatic heterocycles. The molecule has 0 aliphatic rings. The lowest BCUT2D eigenvalue weighted by atomic mass is 10.2. The molecule has 0 spiro atoms. The molecule has 2 aromatic rings. The molecule has 0 bridgehead atoms. The third-order valence-electron chi connectivity index (χ3n) is 2.15. The molecule has 0 aliphatic heterocycles. The molecule has 1 heterocycles. The van der Waals surface area contributed by atoms with Gasteiger partial charge in [0.2, 0.25) is 0 Å². The Bertz CT molecular complexity index is 468. The van der Waals surface area contributed by atoms with Crippen LogP contribution in [0.4, 0.5) is 5.13 Å². The van der Waals surface area contributed by atoms with Gasteiger partial charge in [-0.15, -0.1) is 11.3 Å². The maximum atomic E-state index is 4.55. The van der Waals surface area contributed by atoms with Crippen LogP contribution in [0.3, 0.4) is 0 Å². The first-order valence-electron chi connectivity index (χ1n) is 5.25. The predicted molar refractivity (Wildman–Crippen MR) is 74.0 cm³/mol. The van der Waals surface area contributed by atoms with E-state index in [-0.39, 0.29) is 0 Å². The molecule has 1 aromatic carbocycles. The van der Waals surface area contributed by atoms with Crippen molar-refractivity contribution in [3.63, 3.8) is 0 Å². The normalized spacial score (nSPS) is 10.4. The maximum absolute atomic E-state index is 4.55. The van der Waals surface area contributed by atoms with E-state index in [1.165, 1.54) is 0 Å². The Labute approximate surface area is 108 Å². The highest BCUT2D eigenvalue weighted by Crippen LogP contribution is 2.26. The quantitative estimate of drug-likeness (QED) is 0.905. The molecule has 0 fully saturated rings. The molecule has 16 heavy (non-hydrogen) atoms. The van der Waals surface area contributed by atoms with Crippen molar-refractivity contribution in [1.82, 2.24) is 4.98 Å². The van der Waals surface area contributed by atoms with Crippen molar-refractivity contribution in [3.8, 4) is 11.3 Å². The average molecular weight is 297 g/mol. The Hall–Kier alpha value is -0.870. The average Bonchev–Trinajstić information content (AvgIpc) is 2.75. The summed E-state index contributed by atoms with van der Waals surface area (Å²) in [6.45, 7) is 3.13. The molecule has 0 radical (unpaired) electrons. The number of nitrogens with one attached hydrogen (secondary N) is 1. The second-order valence-electron chi connectivity index (χ2n) is 3.48. The fraction of sp³-hybridized carbons (Fsp3) is 0.250. The van der Waals surface area contributed by atoms with Gasteiger partial charge in [-0.25, -0.2) is 4.98 Å². The van der Waals surface area contributed by atoms with Gasteiger partial charge in [0.05, 0.1) is 5.69 Å². The van der Waals surface area contributed by atoms with Gasteiger partial charge in [0, 0.05) is 22.0 Å². The number of aromatic nitrogens is 1. The topological polar surface area (TPSA) is 24.9 Å². The van der Waals surface area contributed by atoms with Gasteiger partial charge < -0.3 is 5.32 Å². The van der Waals surface area contributed by atoms with E-state index in [4.69, 9.17) is 0 Å². The number of rotatable bonds is 4. The van der Waals surface area contributed by atoms with Crippen LogP contribution >= 0.6 is 27.3 Å². The van der Waals surface area contributed by atoms with E-state index in [0.717, 1.165) is 33.8 Å². The van der Waals surface area contributed by atoms with E-state index in [1.54, 1.807) is 11.3 Å². The zero-order chi connectivity index (χ0) is 11.4. The summed E-state index contributed by atoms with van der Waals surface area (Å²) >= 11 is 5.12.